The number of hydrogen-bond donors (Lipinski definition) is 1. The summed E-state index contributed by atoms with van der Waals surface area (Å²) in [6.45, 7) is 20.5. The first-order valence-electron chi connectivity index (χ1n) is 15.0. The lowest BCUT2D eigenvalue weighted by atomic mass is 10.1. The molecule has 0 spiro atoms. The molecule has 40 heavy (non-hydrogen) atoms. The average Bonchev–Trinajstić information content (AvgIpc) is 3.32. The van der Waals surface area contributed by atoms with Gasteiger partial charge in [0.1, 0.15) is 5.75 Å². The van der Waals surface area contributed by atoms with Crippen molar-refractivity contribution in [2.24, 2.45) is 0 Å². The molecule has 0 bridgehead atoms. The smallest absolute Gasteiger partial charge is 0.253 e. The fourth-order valence-electron chi connectivity index (χ4n) is 6.00. The van der Waals surface area contributed by atoms with Crippen molar-refractivity contribution in [1.82, 2.24) is 24.6 Å². The molecule has 0 atom stereocenters. The molecular weight excluding hydrogens is 498 g/mol. The van der Waals surface area contributed by atoms with Crippen molar-refractivity contribution in [3.05, 3.63) is 65.4 Å². The lowest BCUT2D eigenvalue weighted by molar-refractivity contribution is 0.0952. The number of carbonyl (C=O) groups is 1. The van der Waals surface area contributed by atoms with Crippen LogP contribution < -0.4 is 10.1 Å². The highest BCUT2D eigenvalue weighted by Crippen LogP contribution is 2.30. The van der Waals surface area contributed by atoms with Gasteiger partial charge in [0, 0.05) is 76.0 Å². The number of piperazine rings is 1. The van der Waals surface area contributed by atoms with Crippen molar-refractivity contribution in [1.29, 1.82) is 0 Å². The van der Waals surface area contributed by atoms with Crippen LogP contribution >= 0.6 is 0 Å². The van der Waals surface area contributed by atoms with Crippen LogP contribution in [0.1, 0.15) is 55.6 Å². The van der Waals surface area contributed by atoms with Crippen LogP contribution in [0.25, 0.3) is 10.9 Å². The summed E-state index contributed by atoms with van der Waals surface area (Å²) in [6.07, 6.45) is 3.04. The number of amides is 1. The number of rotatable bonds is 13. The number of aryl methyl sites for hydroxylation is 2. The Kier molecular flexibility index (Phi) is 10.6. The van der Waals surface area contributed by atoms with Gasteiger partial charge in [-0.3, -0.25) is 14.6 Å². The van der Waals surface area contributed by atoms with Gasteiger partial charge in [0.15, 0.2) is 0 Å². The predicted molar refractivity (Wildman–Crippen MR) is 165 cm³/mol. The largest absolute Gasteiger partial charge is 0.495 e. The molecule has 2 heterocycles. The van der Waals surface area contributed by atoms with E-state index in [1.54, 1.807) is 7.11 Å². The van der Waals surface area contributed by atoms with E-state index in [2.05, 4.69) is 71.3 Å². The summed E-state index contributed by atoms with van der Waals surface area (Å²) in [5, 5.41) is 4.07. The zero-order valence-corrected chi connectivity index (χ0v) is 25.4. The molecule has 7 nitrogen and oxygen atoms in total. The highest BCUT2D eigenvalue weighted by atomic mass is 16.5. The van der Waals surface area contributed by atoms with Crippen LogP contribution in [-0.4, -0.2) is 90.2 Å². The second-order valence-electron chi connectivity index (χ2n) is 11.7. The molecule has 1 aromatic heterocycles. The van der Waals surface area contributed by atoms with Crippen molar-refractivity contribution in [2.75, 3.05) is 52.9 Å². The van der Waals surface area contributed by atoms with Crippen molar-refractivity contribution >= 4 is 16.8 Å². The highest BCUT2D eigenvalue weighted by Gasteiger charge is 2.21. The Morgan fingerprint density at radius 3 is 2.25 bits per heavy atom. The van der Waals surface area contributed by atoms with Gasteiger partial charge in [-0.15, -0.1) is 0 Å². The molecule has 3 aromatic rings. The van der Waals surface area contributed by atoms with Crippen molar-refractivity contribution in [3.8, 4) is 5.75 Å². The predicted octanol–water partition coefficient (Wildman–Crippen LogP) is 5.01. The third-order valence-corrected chi connectivity index (χ3v) is 8.37. The highest BCUT2D eigenvalue weighted by molar-refractivity contribution is 6.08. The molecule has 0 saturated carbocycles. The summed E-state index contributed by atoms with van der Waals surface area (Å²) in [5.41, 5.74) is 4.01. The maximum atomic E-state index is 13.3. The molecule has 0 radical (unpaired) electrons. The molecule has 1 amide bonds. The second kappa shape index (κ2) is 14.2. The minimum atomic E-state index is -0.0510. The minimum Gasteiger partial charge on any atom is -0.495 e. The van der Waals surface area contributed by atoms with Crippen LogP contribution in [0.5, 0.6) is 5.75 Å². The summed E-state index contributed by atoms with van der Waals surface area (Å²) >= 11 is 0. The number of benzene rings is 2. The van der Waals surface area contributed by atoms with Crippen LogP contribution in [0.3, 0.4) is 0 Å². The maximum absolute atomic E-state index is 13.3. The van der Waals surface area contributed by atoms with Gasteiger partial charge in [-0.25, -0.2) is 0 Å². The average molecular weight is 548 g/mol. The zero-order chi connectivity index (χ0) is 28.6. The van der Waals surface area contributed by atoms with E-state index in [1.165, 1.54) is 5.56 Å². The number of aromatic nitrogens is 1. The van der Waals surface area contributed by atoms with Crippen molar-refractivity contribution in [3.63, 3.8) is 0 Å². The topological polar surface area (TPSA) is 53.0 Å². The standard InChI is InChI=1S/C33H49N5O2/c1-25(2)38(26(3)4)22-21-36-19-17-35(18-20-36)15-10-16-37-24-30(29-13-9-14-31(40-6)32(29)37)33(39)34-23-28-12-8-7-11-27(28)5/h7-9,11-14,24-26H,10,15-23H2,1-6H3,(H,34,39). The number of hydrogen-bond acceptors (Lipinski definition) is 5. The number of para-hydroxylation sites is 1. The fourth-order valence-corrected chi connectivity index (χ4v) is 6.00. The monoisotopic (exact) mass is 547 g/mol. The van der Waals surface area contributed by atoms with Gasteiger partial charge < -0.3 is 19.5 Å². The summed E-state index contributed by atoms with van der Waals surface area (Å²) in [5.74, 6) is 0.755. The molecule has 1 saturated heterocycles. The Hall–Kier alpha value is -2.87. The SMILES string of the molecule is COc1cccc2c(C(=O)NCc3ccccc3C)cn(CCCN3CCN(CCN(C(C)C)C(C)C)CC3)c12. The second-order valence-corrected chi connectivity index (χ2v) is 11.7. The van der Waals surface area contributed by atoms with Gasteiger partial charge in [-0.1, -0.05) is 36.4 Å². The molecule has 4 rings (SSSR count). The van der Waals surface area contributed by atoms with Gasteiger partial charge in [-0.2, -0.15) is 0 Å². The first-order chi connectivity index (χ1) is 19.3. The van der Waals surface area contributed by atoms with Gasteiger partial charge in [-0.05, 0) is 64.8 Å². The first kappa shape index (κ1) is 30.1. The van der Waals surface area contributed by atoms with Crippen molar-refractivity contribution in [2.45, 2.75) is 66.2 Å². The fraction of sp³-hybridized carbons (Fsp3) is 0.545. The van der Waals surface area contributed by atoms with E-state index in [1.807, 2.05) is 36.5 Å². The van der Waals surface area contributed by atoms with Crippen LogP contribution in [-0.2, 0) is 13.1 Å². The van der Waals surface area contributed by atoms with Crippen LogP contribution in [0.15, 0.2) is 48.7 Å². The number of methoxy groups -OCH3 is 1. The molecule has 2 aromatic carbocycles. The van der Waals surface area contributed by atoms with Crippen molar-refractivity contribution < 1.29 is 9.53 Å². The molecule has 1 aliphatic heterocycles. The minimum absolute atomic E-state index is 0.0510. The summed E-state index contributed by atoms with van der Waals surface area (Å²) in [7, 11) is 1.70. The normalized spacial score (nSPS) is 15.0. The van der Waals surface area contributed by atoms with E-state index < -0.39 is 0 Å². The Morgan fingerprint density at radius 1 is 0.925 bits per heavy atom. The Morgan fingerprint density at radius 2 is 1.60 bits per heavy atom. The molecular formula is C33H49N5O2. The van der Waals surface area contributed by atoms with Crippen LogP contribution in [0, 0.1) is 6.92 Å². The lowest BCUT2D eigenvalue weighted by Gasteiger charge is -2.37. The molecule has 218 valence electrons. The zero-order valence-electron chi connectivity index (χ0n) is 25.4. The number of ether oxygens (including phenoxy) is 1. The lowest BCUT2D eigenvalue weighted by Crippen LogP contribution is -2.50. The molecule has 1 fully saturated rings. The van der Waals surface area contributed by atoms with Crippen LogP contribution in [0.2, 0.25) is 0 Å². The van der Waals surface area contributed by atoms with Gasteiger partial charge in [0.2, 0.25) is 0 Å². The Labute approximate surface area is 241 Å². The van der Waals surface area contributed by atoms with E-state index in [-0.39, 0.29) is 5.91 Å². The molecule has 7 heteroatoms. The van der Waals surface area contributed by atoms with E-state index in [4.69, 9.17) is 4.74 Å². The number of carbonyl (C=O) groups excluding carboxylic acids is 1. The molecule has 0 aliphatic carbocycles. The van der Waals surface area contributed by atoms with Crippen LogP contribution in [0.4, 0.5) is 0 Å². The molecule has 1 N–H and O–H groups in total. The van der Waals surface area contributed by atoms with Gasteiger partial charge >= 0.3 is 0 Å². The quantitative estimate of drug-likeness (QED) is 0.326. The van der Waals surface area contributed by atoms with E-state index in [9.17, 15) is 4.79 Å². The van der Waals surface area contributed by atoms with Gasteiger partial charge in [0.05, 0.1) is 18.2 Å². The van der Waals surface area contributed by atoms with E-state index in [0.717, 1.165) is 81.0 Å². The third-order valence-electron chi connectivity index (χ3n) is 8.37. The summed E-state index contributed by atoms with van der Waals surface area (Å²) < 4.78 is 7.92. The van der Waals surface area contributed by atoms with E-state index >= 15 is 0 Å². The summed E-state index contributed by atoms with van der Waals surface area (Å²) in [6, 6.07) is 15.3. The molecule has 1 aliphatic rings. The van der Waals surface area contributed by atoms with E-state index in [0.29, 0.717) is 24.2 Å². The summed E-state index contributed by atoms with van der Waals surface area (Å²) in [4.78, 5) is 21.1. The maximum Gasteiger partial charge on any atom is 0.253 e. The van der Waals surface area contributed by atoms with Gasteiger partial charge in [0.25, 0.3) is 5.91 Å². The first-order valence-corrected chi connectivity index (χ1v) is 15.0. The third kappa shape index (κ3) is 7.45. The number of fused-ring (bicyclic) bond motifs is 1. The Balaban J connectivity index is 1.33. The number of nitrogens with one attached hydrogen (secondary N) is 1. The number of nitrogens with zero attached hydrogens (tertiary/aromatic N) is 4. The Bertz CT molecular complexity index is 1230. The molecule has 0 unspecified atom stereocenters.